The van der Waals surface area contributed by atoms with E-state index in [-0.39, 0.29) is 0 Å². The molecule has 2 fully saturated rings. The Morgan fingerprint density at radius 3 is 1.77 bits per heavy atom. The highest BCUT2D eigenvalue weighted by Crippen LogP contribution is 2.38. The highest BCUT2D eigenvalue weighted by Gasteiger charge is 2.61. The lowest BCUT2D eigenvalue weighted by Crippen LogP contribution is -2.63. The Kier molecular flexibility index (Phi) is 19.9. The van der Waals surface area contributed by atoms with E-state index >= 15 is 0 Å². The maximum Gasteiger partial charge on any atom is 0.330 e. The molecular formula is C34H58O13. The molecule has 9 atom stereocenters. The van der Waals surface area contributed by atoms with Gasteiger partial charge in [-0.2, -0.15) is 0 Å². The lowest BCUT2D eigenvalue weighted by atomic mass is 9.99. The van der Waals surface area contributed by atoms with Crippen LogP contribution >= 0.6 is 0 Å². The first-order valence-corrected chi connectivity index (χ1v) is 17.3. The molecule has 2 aliphatic heterocycles. The number of aliphatic hydroxyl groups excluding tert-OH is 6. The van der Waals surface area contributed by atoms with Crippen LogP contribution in [0.1, 0.15) is 104 Å². The first kappa shape index (κ1) is 41.2. The Labute approximate surface area is 278 Å². The number of hydrogen-bond donors (Lipinski definition) is 6. The van der Waals surface area contributed by atoms with Crippen molar-refractivity contribution >= 4 is 11.9 Å². The van der Waals surface area contributed by atoms with Crippen molar-refractivity contribution in [3.8, 4) is 0 Å². The van der Waals surface area contributed by atoms with Crippen molar-refractivity contribution in [2.45, 2.75) is 159 Å². The lowest BCUT2D eigenvalue weighted by Gasteiger charge is -2.43. The second-order valence-electron chi connectivity index (χ2n) is 12.3. The molecule has 0 aromatic heterocycles. The predicted octanol–water partition coefficient (Wildman–Crippen LogP) is 2.32. The summed E-state index contributed by atoms with van der Waals surface area (Å²) >= 11 is 0. The van der Waals surface area contributed by atoms with E-state index in [0.29, 0.717) is 12.8 Å². The molecule has 0 aliphatic carbocycles. The summed E-state index contributed by atoms with van der Waals surface area (Å²) in [4.78, 5) is 25.6. The van der Waals surface area contributed by atoms with Crippen LogP contribution < -0.4 is 0 Å². The van der Waals surface area contributed by atoms with Crippen LogP contribution in [0.3, 0.4) is 0 Å². The molecule has 0 unspecified atom stereocenters. The van der Waals surface area contributed by atoms with Crippen LogP contribution in [0.4, 0.5) is 0 Å². The molecule has 13 heteroatoms. The number of rotatable bonds is 23. The maximum absolute atomic E-state index is 12.9. The van der Waals surface area contributed by atoms with Crippen molar-refractivity contribution in [1.29, 1.82) is 0 Å². The van der Waals surface area contributed by atoms with Crippen molar-refractivity contribution in [1.82, 2.24) is 0 Å². The van der Waals surface area contributed by atoms with Crippen LogP contribution in [0.15, 0.2) is 24.3 Å². The number of ether oxygens (including phenoxy) is 5. The van der Waals surface area contributed by atoms with Gasteiger partial charge in [0.05, 0.1) is 13.2 Å². The third kappa shape index (κ3) is 13.5. The van der Waals surface area contributed by atoms with Crippen molar-refractivity contribution in [2.24, 2.45) is 0 Å². The minimum Gasteiger partial charge on any atom is -0.457 e. The topological polar surface area (TPSA) is 202 Å². The maximum atomic E-state index is 12.9. The summed E-state index contributed by atoms with van der Waals surface area (Å²) in [6, 6.07) is 0. The summed E-state index contributed by atoms with van der Waals surface area (Å²) in [5.74, 6) is -3.98. The van der Waals surface area contributed by atoms with Gasteiger partial charge in [0.1, 0.15) is 43.2 Å². The monoisotopic (exact) mass is 674 g/mol. The highest BCUT2D eigenvalue weighted by atomic mass is 16.8. The number of esters is 2. The molecule has 6 N–H and O–H groups in total. The Hall–Kier alpha value is -1.94. The van der Waals surface area contributed by atoms with Crippen molar-refractivity contribution in [3.05, 3.63) is 24.3 Å². The van der Waals surface area contributed by atoms with Crippen LogP contribution in [0.5, 0.6) is 0 Å². The molecule has 13 nitrogen and oxygen atoms in total. The van der Waals surface area contributed by atoms with Crippen LogP contribution in [0, 0.1) is 0 Å². The SMILES string of the molecule is CCCCCCCCC=CC(=O)OC[C@@]1(O[C@H]2O[C@H](CO)[C@@H](O)[C@H](O)[C@H]2O)O[C@H](CO)[C@@H](O)[C@@H]1OC(=O)C=CCCCCCCCC. The number of allylic oxidation sites excluding steroid dienone is 2. The largest absolute Gasteiger partial charge is 0.457 e. The van der Waals surface area contributed by atoms with Crippen LogP contribution in [-0.2, 0) is 33.3 Å². The van der Waals surface area contributed by atoms with Gasteiger partial charge in [-0.25, -0.2) is 9.59 Å². The molecule has 2 heterocycles. The van der Waals surface area contributed by atoms with Gasteiger partial charge in [0.2, 0.25) is 5.79 Å². The van der Waals surface area contributed by atoms with Gasteiger partial charge in [0, 0.05) is 12.2 Å². The Balaban J connectivity index is 2.18. The van der Waals surface area contributed by atoms with Crippen molar-refractivity contribution < 1.29 is 63.9 Å². The van der Waals surface area contributed by atoms with Gasteiger partial charge in [-0.3, -0.25) is 0 Å². The average Bonchev–Trinajstić information content (AvgIpc) is 3.32. The van der Waals surface area contributed by atoms with Gasteiger partial charge >= 0.3 is 11.9 Å². The zero-order valence-electron chi connectivity index (χ0n) is 28.0. The summed E-state index contributed by atoms with van der Waals surface area (Å²) in [5.41, 5.74) is 0. The smallest absolute Gasteiger partial charge is 0.330 e. The normalized spacial score (nSPS) is 31.1. The zero-order valence-corrected chi connectivity index (χ0v) is 28.0. The molecule has 47 heavy (non-hydrogen) atoms. The molecule has 0 aromatic carbocycles. The van der Waals surface area contributed by atoms with Gasteiger partial charge in [-0.1, -0.05) is 90.2 Å². The summed E-state index contributed by atoms with van der Waals surface area (Å²) < 4.78 is 28.1. The quantitative estimate of drug-likeness (QED) is 0.0524. The molecule has 0 spiro atoms. The Morgan fingerprint density at radius 1 is 0.681 bits per heavy atom. The molecule has 2 aliphatic rings. The fourth-order valence-electron chi connectivity index (χ4n) is 5.59. The van der Waals surface area contributed by atoms with Crippen molar-refractivity contribution in [2.75, 3.05) is 19.8 Å². The molecule has 0 radical (unpaired) electrons. The second kappa shape index (κ2) is 22.6. The standard InChI is InChI=1S/C34H58O13/c1-3-5-7-9-11-13-15-17-19-26(37)43-23-34(47-33-31(42)30(41)28(39)24(21-35)44-33)32(29(40)25(22-36)46-34)45-27(38)20-18-16-14-12-10-8-6-4-2/h17-20,24-25,28-33,35-36,39-42H,3-16,21-23H2,1-2H3/t24-,25-,28-,29-,30+,31-,32+,33-,34+/m1/s1. The Morgan fingerprint density at radius 2 is 1.21 bits per heavy atom. The molecule has 0 saturated carbocycles. The van der Waals surface area contributed by atoms with Gasteiger partial charge < -0.3 is 54.3 Å². The molecule has 2 rings (SSSR count). The van der Waals surface area contributed by atoms with E-state index in [1.807, 2.05) is 0 Å². The van der Waals surface area contributed by atoms with E-state index in [4.69, 9.17) is 23.7 Å². The number of carbonyl (C=O) groups excluding carboxylic acids is 2. The zero-order chi connectivity index (χ0) is 34.7. The predicted molar refractivity (Wildman–Crippen MR) is 171 cm³/mol. The third-order valence-electron chi connectivity index (χ3n) is 8.43. The van der Waals surface area contributed by atoms with Gasteiger partial charge in [-0.15, -0.1) is 0 Å². The second-order valence-corrected chi connectivity index (χ2v) is 12.3. The number of carbonyl (C=O) groups is 2. The minimum atomic E-state index is -2.33. The first-order valence-electron chi connectivity index (χ1n) is 17.3. The number of unbranched alkanes of at least 4 members (excludes halogenated alkanes) is 12. The summed E-state index contributed by atoms with van der Waals surface area (Å²) in [5, 5.41) is 61.8. The first-order chi connectivity index (χ1) is 22.6. The van der Waals surface area contributed by atoms with E-state index in [1.165, 1.54) is 31.4 Å². The molecule has 0 bridgehead atoms. The van der Waals surface area contributed by atoms with Crippen LogP contribution in [0.25, 0.3) is 0 Å². The van der Waals surface area contributed by atoms with Crippen LogP contribution in [0.2, 0.25) is 0 Å². The van der Waals surface area contributed by atoms with E-state index in [1.54, 1.807) is 12.2 Å². The van der Waals surface area contributed by atoms with E-state index in [2.05, 4.69) is 13.8 Å². The molecular weight excluding hydrogens is 616 g/mol. The average molecular weight is 675 g/mol. The van der Waals surface area contributed by atoms with Gasteiger partial charge in [0.15, 0.2) is 12.4 Å². The fourth-order valence-corrected chi connectivity index (χ4v) is 5.59. The number of hydrogen-bond acceptors (Lipinski definition) is 13. The molecule has 0 aromatic rings. The van der Waals surface area contributed by atoms with Crippen molar-refractivity contribution in [3.63, 3.8) is 0 Å². The fraction of sp³-hybridized carbons (Fsp3) is 0.824. The summed E-state index contributed by atoms with van der Waals surface area (Å²) in [6.45, 7) is 2.02. The number of aliphatic hydroxyl groups is 6. The van der Waals surface area contributed by atoms with Gasteiger partial charge in [-0.05, 0) is 25.7 Å². The molecule has 0 amide bonds. The summed E-state index contributed by atoms with van der Waals surface area (Å²) in [7, 11) is 0. The Bertz CT molecular complexity index is 941. The van der Waals surface area contributed by atoms with E-state index in [0.717, 1.165) is 57.8 Å². The van der Waals surface area contributed by atoms with E-state index in [9.17, 15) is 40.2 Å². The highest BCUT2D eigenvalue weighted by molar-refractivity contribution is 5.82. The molecule has 2 saturated heterocycles. The van der Waals surface area contributed by atoms with Gasteiger partial charge in [0.25, 0.3) is 0 Å². The third-order valence-corrected chi connectivity index (χ3v) is 8.43. The van der Waals surface area contributed by atoms with Crippen LogP contribution in [-0.4, -0.2) is 117 Å². The van der Waals surface area contributed by atoms with E-state index < -0.39 is 86.6 Å². The summed E-state index contributed by atoms with van der Waals surface area (Å²) in [6.07, 6.45) is 6.77. The molecule has 272 valence electrons. The lowest BCUT2D eigenvalue weighted by molar-refractivity contribution is -0.383. The minimum absolute atomic E-state index is 0.624.